The number of hydrogen-bond acceptors (Lipinski definition) is 6. The second-order valence-corrected chi connectivity index (χ2v) is 7.18. The molecule has 1 aromatic carbocycles. The summed E-state index contributed by atoms with van der Waals surface area (Å²) in [5.41, 5.74) is 9.45. The molecule has 0 fully saturated rings. The topological polar surface area (TPSA) is 96.4 Å². The summed E-state index contributed by atoms with van der Waals surface area (Å²) >= 11 is 0. The van der Waals surface area contributed by atoms with Crippen LogP contribution < -0.4 is 11.3 Å². The predicted molar refractivity (Wildman–Crippen MR) is 104 cm³/mol. The molecule has 0 saturated heterocycles. The average molecular weight is 377 g/mol. The summed E-state index contributed by atoms with van der Waals surface area (Å²) in [5.74, 6) is -0.466. The van der Waals surface area contributed by atoms with E-state index in [0.29, 0.717) is 35.5 Å². The van der Waals surface area contributed by atoms with Crippen molar-refractivity contribution in [2.45, 2.75) is 32.1 Å². The SMILES string of the molecule is CC[C@@]1(OC)C(=O)OCc2c1cc1n(c2=O)Cc2cc3c(N)cccc3nc2-1. The lowest BCUT2D eigenvalue weighted by atomic mass is 9.85. The van der Waals surface area contributed by atoms with Crippen molar-refractivity contribution in [1.82, 2.24) is 9.55 Å². The number of nitrogens with zero attached hydrogens (tertiary/aromatic N) is 2. The second-order valence-electron chi connectivity index (χ2n) is 7.18. The zero-order chi connectivity index (χ0) is 19.6. The minimum Gasteiger partial charge on any atom is -0.458 e. The van der Waals surface area contributed by atoms with E-state index in [-0.39, 0.29) is 12.2 Å². The van der Waals surface area contributed by atoms with Gasteiger partial charge in [0.25, 0.3) is 5.56 Å². The van der Waals surface area contributed by atoms with Gasteiger partial charge in [0, 0.05) is 29.3 Å². The smallest absolute Gasteiger partial charge is 0.343 e. The van der Waals surface area contributed by atoms with Crippen LogP contribution in [0.1, 0.15) is 30.0 Å². The number of nitrogens with two attached hydrogens (primary N) is 1. The molecule has 0 saturated carbocycles. The molecule has 2 N–H and O–H groups in total. The molecule has 4 heterocycles. The molecule has 7 heteroatoms. The van der Waals surface area contributed by atoms with Gasteiger partial charge in [-0.3, -0.25) is 4.79 Å². The minimum absolute atomic E-state index is 0.0446. The summed E-state index contributed by atoms with van der Waals surface area (Å²) in [6.45, 7) is 2.21. The lowest BCUT2D eigenvalue weighted by Gasteiger charge is -2.35. The lowest BCUT2D eigenvalue weighted by molar-refractivity contribution is -0.176. The highest BCUT2D eigenvalue weighted by atomic mass is 16.6. The fraction of sp³-hybridized carbons (Fsp3) is 0.286. The number of aromatic nitrogens is 2. The number of esters is 1. The predicted octanol–water partition coefficient (Wildman–Crippen LogP) is 2.32. The average Bonchev–Trinajstić information content (AvgIpc) is 3.06. The van der Waals surface area contributed by atoms with E-state index in [4.69, 9.17) is 20.2 Å². The fourth-order valence-electron chi connectivity index (χ4n) is 4.35. The zero-order valence-corrected chi connectivity index (χ0v) is 15.6. The highest BCUT2D eigenvalue weighted by Crippen LogP contribution is 2.40. The van der Waals surface area contributed by atoms with Crippen molar-refractivity contribution in [2.24, 2.45) is 0 Å². The zero-order valence-electron chi connectivity index (χ0n) is 15.6. The molecule has 2 aliphatic heterocycles. The summed E-state index contributed by atoms with van der Waals surface area (Å²) in [7, 11) is 1.47. The Bertz CT molecular complexity index is 1220. The Morgan fingerprint density at radius 3 is 2.89 bits per heavy atom. The Morgan fingerprint density at radius 1 is 1.32 bits per heavy atom. The van der Waals surface area contributed by atoms with E-state index in [9.17, 15) is 9.59 Å². The number of nitrogen functional groups attached to an aromatic ring is 1. The van der Waals surface area contributed by atoms with E-state index < -0.39 is 11.6 Å². The van der Waals surface area contributed by atoms with Gasteiger partial charge in [0.15, 0.2) is 5.60 Å². The first kappa shape index (κ1) is 16.9. The molecule has 3 aromatic rings. The van der Waals surface area contributed by atoms with Gasteiger partial charge in [-0.15, -0.1) is 0 Å². The largest absolute Gasteiger partial charge is 0.458 e. The van der Waals surface area contributed by atoms with Gasteiger partial charge in [-0.1, -0.05) is 13.0 Å². The molecule has 5 rings (SSSR count). The van der Waals surface area contributed by atoms with Crippen molar-refractivity contribution in [2.75, 3.05) is 12.8 Å². The molecule has 1 atom stereocenters. The van der Waals surface area contributed by atoms with Gasteiger partial charge >= 0.3 is 5.97 Å². The number of anilines is 1. The Labute approximate surface area is 160 Å². The second kappa shape index (κ2) is 5.65. The van der Waals surface area contributed by atoms with Crippen LogP contribution in [0.2, 0.25) is 0 Å². The normalized spacial score (nSPS) is 19.9. The van der Waals surface area contributed by atoms with E-state index in [1.54, 1.807) is 4.57 Å². The number of rotatable bonds is 2. The Morgan fingerprint density at radius 2 is 2.14 bits per heavy atom. The van der Waals surface area contributed by atoms with Crippen molar-refractivity contribution < 1.29 is 14.3 Å². The minimum atomic E-state index is -1.27. The highest BCUT2D eigenvalue weighted by molar-refractivity contribution is 5.93. The molecule has 0 radical (unpaired) electrons. The molecular formula is C21H19N3O4. The monoisotopic (exact) mass is 377 g/mol. The Balaban J connectivity index is 1.81. The summed E-state index contributed by atoms with van der Waals surface area (Å²) in [6, 6.07) is 9.44. The number of carbonyl (C=O) groups is 1. The number of fused-ring (bicyclic) bond motifs is 5. The summed E-state index contributed by atoms with van der Waals surface area (Å²) in [6.07, 6.45) is 0.368. The number of ether oxygens (including phenoxy) is 2. The van der Waals surface area contributed by atoms with E-state index in [0.717, 1.165) is 22.2 Å². The van der Waals surface area contributed by atoms with Crippen molar-refractivity contribution in [1.29, 1.82) is 0 Å². The number of methoxy groups -OCH3 is 1. The van der Waals surface area contributed by atoms with E-state index in [1.807, 2.05) is 37.3 Å². The van der Waals surface area contributed by atoms with Crippen LogP contribution in [0.5, 0.6) is 0 Å². The molecule has 0 spiro atoms. The number of carbonyl (C=O) groups excluding carboxylic acids is 1. The number of cyclic esters (lactones) is 1. The third kappa shape index (κ3) is 1.99. The Kier molecular flexibility index (Phi) is 3.42. The first-order chi connectivity index (χ1) is 13.5. The van der Waals surface area contributed by atoms with Crippen LogP contribution in [0, 0.1) is 0 Å². The van der Waals surface area contributed by atoms with Gasteiger partial charge in [0.2, 0.25) is 0 Å². The Hall–Kier alpha value is -3.19. The third-order valence-corrected chi connectivity index (χ3v) is 5.90. The van der Waals surface area contributed by atoms with Gasteiger partial charge in [-0.05, 0) is 30.7 Å². The number of hydrogen-bond donors (Lipinski definition) is 1. The molecule has 0 amide bonds. The first-order valence-electron chi connectivity index (χ1n) is 9.18. The molecule has 0 bridgehead atoms. The standard InChI is InChI=1S/C21H19N3O4/c1-3-21(27-2)14-8-17-18-11(7-12-15(22)5-4-6-16(12)23-18)9-24(17)19(25)13(14)10-28-20(21)26/h4-8H,3,9-10,22H2,1-2H3/t21-/m0/s1. The van der Waals surface area contributed by atoms with Crippen LogP contribution in [-0.4, -0.2) is 22.6 Å². The van der Waals surface area contributed by atoms with E-state index in [2.05, 4.69) is 0 Å². The van der Waals surface area contributed by atoms with Gasteiger partial charge in [-0.2, -0.15) is 0 Å². The summed E-state index contributed by atoms with van der Waals surface area (Å²) in [4.78, 5) is 30.5. The van der Waals surface area contributed by atoms with E-state index >= 15 is 0 Å². The van der Waals surface area contributed by atoms with Crippen LogP contribution >= 0.6 is 0 Å². The molecule has 0 unspecified atom stereocenters. The molecule has 142 valence electrons. The molecule has 0 aliphatic carbocycles. The summed E-state index contributed by atoms with van der Waals surface area (Å²) in [5, 5.41) is 0.866. The van der Waals surface area contributed by atoms with Crippen LogP contribution in [0.4, 0.5) is 5.69 Å². The number of pyridine rings is 2. The van der Waals surface area contributed by atoms with Crippen LogP contribution in [-0.2, 0) is 33.0 Å². The first-order valence-corrected chi connectivity index (χ1v) is 9.18. The molecule has 2 aromatic heterocycles. The van der Waals surface area contributed by atoms with Gasteiger partial charge in [0.05, 0.1) is 29.0 Å². The van der Waals surface area contributed by atoms with Gasteiger partial charge in [-0.25, -0.2) is 9.78 Å². The van der Waals surface area contributed by atoms with Crippen molar-refractivity contribution in [3.8, 4) is 11.4 Å². The van der Waals surface area contributed by atoms with Crippen molar-refractivity contribution in [3.05, 3.63) is 57.4 Å². The van der Waals surface area contributed by atoms with Gasteiger partial charge < -0.3 is 19.8 Å². The molecule has 2 aliphatic rings. The van der Waals surface area contributed by atoms with Crippen molar-refractivity contribution >= 4 is 22.6 Å². The van der Waals surface area contributed by atoms with Crippen LogP contribution in [0.15, 0.2) is 35.1 Å². The molecular weight excluding hydrogens is 358 g/mol. The molecule has 7 nitrogen and oxygen atoms in total. The maximum atomic E-state index is 13.2. The maximum Gasteiger partial charge on any atom is 0.343 e. The maximum absolute atomic E-state index is 13.2. The van der Waals surface area contributed by atoms with Crippen LogP contribution in [0.3, 0.4) is 0 Å². The van der Waals surface area contributed by atoms with E-state index in [1.165, 1.54) is 7.11 Å². The number of benzene rings is 1. The third-order valence-electron chi connectivity index (χ3n) is 5.90. The lowest BCUT2D eigenvalue weighted by Crippen LogP contribution is -2.45. The highest BCUT2D eigenvalue weighted by Gasteiger charge is 2.47. The fourth-order valence-corrected chi connectivity index (χ4v) is 4.35. The summed E-state index contributed by atoms with van der Waals surface area (Å²) < 4.78 is 12.6. The quantitative estimate of drug-likeness (QED) is 0.425. The van der Waals surface area contributed by atoms with Gasteiger partial charge in [0.1, 0.15) is 6.61 Å². The molecule has 28 heavy (non-hydrogen) atoms. The van der Waals surface area contributed by atoms with Crippen molar-refractivity contribution in [3.63, 3.8) is 0 Å². The van der Waals surface area contributed by atoms with Crippen LogP contribution in [0.25, 0.3) is 22.3 Å².